The molecule has 0 aliphatic heterocycles. The molecule has 0 radical (unpaired) electrons. The number of hydrogen-bond donors (Lipinski definition) is 2. The molecule has 1 aromatic carbocycles. The fourth-order valence-electron chi connectivity index (χ4n) is 2.76. The Morgan fingerprint density at radius 2 is 1.88 bits per heavy atom. The maximum absolute atomic E-state index is 9.11. The largest absolute Gasteiger partial charge is 0.394 e. The van der Waals surface area contributed by atoms with E-state index >= 15 is 0 Å². The van der Waals surface area contributed by atoms with E-state index in [2.05, 4.69) is 18.2 Å². The van der Waals surface area contributed by atoms with Crippen molar-refractivity contribution >= 4 is 0 Å². The Bertz CT molecular complexity index is 343. The molecule has 0 bridgehead atoms. The highest BCUT2D eigenvalue weighted by Gasteiger charge is 2.15. The smallest absolute Gasteiger partial charge is 0.0624 e. The fraction of sp³-hybridized carbons (Fsp3) is 0.600. The molecule has 2 nitrogen and oxygen atoms in total. The maximum Gasteiger partial charge on any atom is 0.0624 e. The standard InChI is InChI=1S/C15H23NO/c16-15(11-17)14-9-5-8-13(10-14)12-6-3-1-2-4-7-12/h5,8-10,12,15,17H,1-4,6-7,11,16H2. The predicted octanol–water partition coefficient (Wildman–Crippen LogP) is 3.12. The number of aliphatic hydroxyl groups is 1. The molecular weight excluding hydrogens is 210 g/mol. The molecule has 2 rings (SSSR count). The number of rotatable bonds is 3. The normalized spacial score (nSPS) is 19.9. The molecule has 0 saturated heterocycles. The van der Waals surface area contributed by atoms with E-state index in [1.165, 1.54) is 44.1 Å². The van der Waals surface area contributed by atoms with Crippen LogP contribution in [0.5, 0.6) is 0 Å². The van der Waals surface area contributed by atoms with Gasteiger partial charge in [0.2, 0.25) is 0 Å². The summed E-state index contributed by atoms with van der Waals surface area (Å²) in [6.07, 6.45) is 8.07. The maximum atomic E-state index is 9.11. The third kappa shape index (κ3) is 3.30. The van der Waals surface area contributed by atoms with E-state index in [-0.39, 0.29) is 12.6 Å². The van der Waals surface area contributed by atoms with Gasteiger partial charge in [0.05, 0.1) is 12.6 Å². The topological polar surface area (TPSA) is 46.2 Å². The Balaban J connectivity index is 2.13. The van der Waals surface area contributed by atoms with Gasteiger partial charge in [-0.1, -0.05) is 49.9 Å². The number of hydrogen-bond acceptors (Lipinski definition) is 2. The lowest BCUT2D eigenvalue weighted by Crippen LogP contribution is -2.14. The van der Waals surface area contributed by atoms with E-state index in [4.69, 9.17) is 10.8 Å². The van der Waals surface area contributed by atoms with E-state index < -0.39 is 0 Å². The quantitative estimate of drug-likeness (QED) is 0.788. The highest BCUT2D eigenvalue weighted by atomic mass is 16.3. The second-order valence-corrected chi connectivity index (χ2v) is 5.15. The van der Waals surface area contributed by atoms with Crippen LogP contribution in [0.4, 0.5) is 0 Å². The summed E-state index contributed by atoms with van der Waals surface area (Å²) in [4.78, 5) is 0. The van der Waals surface area contributed by atoms with E-state index in [1.807, 2.05) is 6.07 Å². The summed E-state index contributed by atoms with van der Waals surface area (Å²) in [6, 6.07) is 8.26. The SMILES string of the molecule is NC(CO)c1cccc(C2CCCCCC2)c1. The van der Waals surface area contributed by atoms with Gasteiger partial charge in [0.25, 0.3) is 0 Å². The molecule has 1 unspecified atom stereocenters. The molecule has 1 fully saturated rings. The molecule has 1 saturated carbocycles. The van der Waals surface area contributed by atoms with Gasteiger partial charge in [-0.2, -0.15) is 0 Å². The minimum atomic E-state index is -0.235. The Labute approximate surface area is 104 Å². The summed E-state index contributed by atoms with van der Waals surface area (Å²) in [7, 11) is 0. The van der Waals surface area contributed by atoms with Crippen LogP contribution in [0, 0.1) is 0 Å². The van der Waals surface area contributed by atoms with Crippen LogP contribution in [0.3, 0.4) is 0 Å². The van der Waals surface area contributed by atoms with Crippen molar-refractivity contribution in [1.29, 1.82) is 0 Å². The highest BCUT2D eigenvalue weighted by molar-refractivity contribution is 5.28. The van der Waals surface area contributed by atoms with Crippen molar-refractivity contribution in [3.63, 3.8) is 0 Å². The number of nitrogens with two attached hydrogens (primary N) is 1. The summed E-state index contributed by atoms with van der Waals surface area (Å²) in [5.74, 6) is 0.698. The summed E-state index contributed by atoms with van der Waals surface area (Å²) in [5.41, 5.74) is 8.35. The molecule has 0 amide bonds. The number of aliphatic hydroxyl groups excluding tert-OH is 1. The summed E-state index contributed by atoms with van der Waals surface area (Å²) in [5, 5.41) is 9.11. The monoisotopic (exact) mass is 233 g/mol. The lowest BCUT2D eigenvalue weighted by molar-refractivity contribution is 0.268. The zero-order valence-corrected chi connectivity index (χ0v) is 10.4. The highest BCUT2D eigenvalue weighted by Crippen LogP contribution is 2.32. The summed E-state index contributed by atoms with van der Waals surface area (Å²) in [6.45, 7) is 0.0219. The lowest BCUT2D eigenvalue weighted by atomic mass is 9.90. The van der Waals surface area contributed by atoms with E-state index in [9.17, 15) is 0 Å². The third-order valence-corrected chi connectivity index (χ3v) is 3.86. The van der Waals surface area contributed by atoms with Crippen LogP contribution in [-0.2, 0) is 0 Å². The second kappa shape index (κ2) is 6.18. The van der Waals surface area contributed by atoms with Crippen molar-refractivity contribution in [2.75, 3.05) is 6.61 Å². The van der Waals surface area contributed by atoms with Gasteiger partial charge in [-0.15, -0.1) is 0 Å². The fourth-order valence-corrected chi connectivity index (χ4v) is 2.76. The van der Waals surface area contributed by atoms with Crippen molar-refractivity contribution in [2.45, 2.75) is 50.5 Å². The lowest BCUT2D eigenvalue weighted by Gasteiger charge is -2.17. The van der Waals surface area contributed by atoms with Crippen LogP contribution in [0.1, 0.15) is 61.6 Å². The van der Waals surface area contributed by atoms with Crippen molar-refractivity contribution < 1.29 is 5.11 Å². The van der Waals surface area contributed by atoms with Gasteiger partial charge >= 0.3 is 0 Å². The van der Waals surface area contributed by atoms with Gasteiger partial charge in [0, 0.05) is 0 Å². The first kappa shape index (κ1) is 12.6. The molecule has 2 heteroatoms. The van der Waals surface area contributed by atoms with Gasteiger partial charge in [-0.3, -0.25) is 0 Å². The molecule has 0 aromatic heterocycles. The summed E-state index contributed by atoms with van der Waals surface area (Å²) < 4.78 is 0. The zero-order chi connectivity index (χ0) is 12.1. The number of benzene rings is 1. The van der Waals surface area contributed by atoms with Crippen LogP contribution in [0.15, 0.2) is 24.3 Å². The average molecular weight is 233 g/mol. The van der Waals surface area contributed by atoms with E-state index in [1.54, 1.807) is 0 Å². The van der Waals surface area contributed by atoms with Gasteiger partial charge in [0.1, 0.15) is 0 Å². The van der Waals surface area contributed by atoms with Crippen LogP contribution >= 0.6 is 0 Å². The minimum Gasteiger partial charge on any atom is -0.394 e. The Hall–Kier alpha value is -0.860. The molecule has 3 N–H and O–H groups in total. The first-order valence-corrected chi connectivity index (χ1v) is 6.77. The van der Waals surface area contributed by atoms with Crippen molar-refractivity contribution in [2.24, 2.45) is 5.73 Å². The Morgan fingerprint density at radius 1 is 1.18 bits per heavy atom. The van der Waals surface area contributed by atoms with Gasteiger partial charge in [0.15, 0.2) is 0 Å². The first-order valence-electron chi connectivity index (χ1n) is 6.77. The molecule has 0 spiro atoms. The van der Waals surface area contributed by atoms with Crippen LogP contribution in [-0.4, -0.2) is 11.7 Å². The van der Waals surface area contributed by atoms with Crippen LogP contribution < -0.4 is 5.73 Å². The van der Waals surface area contributed by atoms with Crippen molar-refractivity contribution in [1.82, 2.24) is 0 Å². The van der Waals surface area contributed by atoms with Gasteiger partial charge in [-0.25, -0.2) is 0 Å². The second-order valence-electron chi connectivity index (χ2n) is 5.15. The van der Waals surface area contributed by atoms with Gasteiger partial charge < -0.3 is 10.8 Å². The zero-order valence-electron chi connectivity index (χ0n) is 10.4. The molecular formula is C15H23NO. The average Bonchev–Trinajstić information content (AvgIpc) is 2.67. The third-order valence-electron chi connectivity index (χ3n) is 3.86. The molecule has 94 valence electrons. The predicted molar refractivity (Wildman–Crippen MR) is 70.9 cm³/mol. The molecule has 1 aromatic rings. The molecule has 0 heterocycles. The molecule has 1 aliphatic carbocycles. The molecule has 17 heavy (non-hydrogen) atoms. The Kier molecular flexibility index (Phi) is 4.57. The van der Waals surface area contributed by atoms with E-state index in [0.717, 1.165) is 5.56 Å². The Morgan fingerprint density at radius 3 is 2.53 bits per heavy atom. The van der Waals surface area contributed by atoms with Gasteiger partial charge in [-0.05, 0) is 29.9 Å². The first-order chi connectivity index (χ1) is 8.31. The summed E-state index contributed by atoms with van der Waals surface area (Å²) >= 11 is 0. The molecule has 1 aliphatic rings. The van der Waals surface area contributed by atoms with Crippen molar-refractivity contribution in [3.8, 4) is 0 Å². The van der Waals surface area contributed by atoms with E-state index in [0.29, 0.717) is 5.92 Å². The van der Waals surface area contributed by atoms with Crippen molar-refractivity contribution in [3.05, 3.63) is 35.4 Å². The minimum absolute atomic E-state index is 0.0219. The van der Waals surface area contributed by atoms with Crippen LogP contribution in [0.2, 0.25) is 0 Å². The van der Waals surface area contributed by atoms with Crippen LogP contribution in [0.25, 0.3) is 0 Å². The molecule has 1 atom stereocenters.